The molecule has 4 heteroatoms. The number of rotatable bonds is 4. The number of nitrogens with zero attached hydrogens (tertiary/aromatic N) is 2. The van der Waals surface area contributed by atoms with E-state index in [1.54, 1.807) is 0 Å². The fourth-order valence-electron chi connectivity index (χ4n) is 13.2. The molecule has 4 nitrogen and oxygen atoms in total. The standard InChI is InChI=1S/C70H46N2O2/c1-69(2)57-28-11-9-20-47(57)49-32-30-39(35-59(49)69)43-24-14-26-53-55-37-56-54-27-15-25-44(40-31-33-50-48-21-10-12-29-58(48)70(3,4)60(50)36-40)66(54)74-68(56)62(67(55)73-65(43)53)42-17-13-16-41(34-42)61-38-71-63-51-22-7-5-18-45(51)46-19-6-8-23-52(46)64(63)72-61/h5-38H,1-4H3. The molecule has 0 fully saturated rings. The zero-order chi connectivity index (χ0) is 49.2. The average molecular weight is 947 g/mol. The van der Waals surface area contributed by atoms with Gasteiger partial charge in [-0.05, 0) is 96.2 Å². The van der Waals surface area contributed by atoms with Gasteiger partial charge in [0.1, 0.15) is 22.3 Å². The highest BCUT2D eigenvalue weighted by atomic mass is 16.3. The van der Waals surface area contributed by atoms with Crippen molar-refractivity contribution in [1.82, 2.24) is 9.97 Å². The summed E-state index contributed by atoms with van der Waals surface area (Å²) in [4.78, 5) is 10.6. The fourth-order valence-corrected chi connectivity index (χ4v) is 13.2. The molecule has 0 aliphatic heterocycles. The van der Waals surface area contributed by atoms with E-state index in [1.165, 1.54) is 55.3 Å². The summed E-state index contributed by atoms with van der Waals surface area (Å²) in [7, 11) is 0. The molecule has 0 saturated heterocycles. The average Bonchev–Trinajstić information content (AvgIpc) is 4.16. The third kappa shape index (κ3) is 5.57. The largest absolute Gasteiger partial charge is 0.455 e. The van der Waals surface area contributed by atoms with Gasteiger partial charge in [0.25, 0.3) is 0 Å². The molecule has 0 atom stereocenters. The van der Waals surface area contributed by atoms with Crippen LogP contribution in [-0.2, 0) is 10.8 Å². The Morgan fingerprint density at radius 3 is 1.32 bits per heavy atom. The number of para-hydroxylation sites is 2. The van der Waals surface area contributed by atoms with Crippen molar-refractivity contribution in [2.75, 3.05) is 0 Å². The molecule has 74 heavy (non-hydrogen) atoms. The second-order valence-electron chi connectivity index (χ2n) is 21.6. The van der Waals surface area contributed by atoms with Crippen molar-refractivity contribution in [2.24, 2.45) is 0 Å². The van der Waals surface area contributed by atoms with Gasteiger partial charge in [0.05, 0.1) is 28.5 Å². The predicted octanol–water partition coefficient (Wildman–Crippen LogP) is 19.0. The molecule has 0 radical (unpaired) electrons. The van der Waals surface area contributed by atoms with E-state index in [0.29, 0.717) is 0 Å². The Bertz CT molecular complexity index is 4560. The number of furan rings is 2. The van der Waals surface area contributed by atoms with E-state index in [2.05, 4.69) is 228 Å². The Labute approximate surface area is 427 Å². The maximum atomic E-state index is 7.38. The first-order valence-corrected chi connectivity index (χ1v) is 25.7. The van der Waals surface area contributed by atoms with Crippen LogP contribution in [0, 0.1) is 0 Å². The molecule has 0 amide bonds. The van der Waals surface area contributed by atoms with Gasteiger partial charge in [0.15, 0.2) is 0 Å². The van der Waals surface area contributed by atoms with E-state index in [-0.39, 0.29) is 10.8 Å². The lowest BCUT2D eigenvalue weighted by Crippen LogP contribution is -2.14. The van der Waals surface area contributed by atoms with Gasteiger partial charge < -0.3 is 8.83 Å². The molecule has 348 valence electrons. The van der Waals surface area contributed by atoms with Crippen molar-refractivity contribution in [3.63, 3.8) is 0 Å². The molecule has 3 aromatic heterocycles. The van der Waals surface area contributed by atoms with Crippen LogP contribution >= 0.6 is 0 Å². The van der Waals surface area contributed by atoms with Gasteiger partial charge in [-0.25, -0.2) is 4.98 Å². The van der Waals surface area contributed by atoms with E-state index >= 15 is 0 Å². The summed E-state index contributed by atoms with van der Waals surface area (Å²) in [6.45, 7) is 9.36. The van der Waals surface area contributed by atoms with Crippen molar-refractivity contribution in [3.05, 3.63) is 229 Å². The second kappa shape index (κ2) is 14.7. The SMILES string of the molecule is CC1(C)c2ccccc2-c2ccc(-c3cccc4c3oc3c(-c5cccc(-c6cnc7c8ccccc8c8ccccc8c7n6)c5)c5oc6c(-c7ccc8c(c7)C(C)(C)c7ccccc7-8)cccc6c5cc34)cc21. The molecule has 14 aromatic rings. The monoisotopic (exact) mass is 946 g/mol. The molecule has 16 rings (SSSR count). The Kier molecular flexibility index (Phi) is 8.27. The maximum Gasteiger partial charge on any atom is 0.147 e. The molecule has 0 spiro atoms. The van der Waals surface area contributed by atoms with Crippen molar-refractivity contribution in [1.29, 1.82) is 0 Å². The van der Waals surface area contributed by atoms with E-state index in [4.69, 9.17) is 18.8 Å². The van der Waals surface area contributed by atoms with Crippen molar-refractivity contribution in [2.45, 2.75) is 38.5 Å². The van der Waals surface area contributed by atoms with Gasteiger partial charge in [0, 0.05) is 59.8 Å². The predicted molar refractivity (Wildman–Crippen MR) is 306 cm³/mol. The molecule has 0 unspecified atom stereocenters. The minimum Gasteiger partial charge on any atom is -0.455 e. The summed E-state index contributed by atoms with van der Waals surface area (Å²) < 4.78 is 14.8. The minimum absolute atomic E-state index is 0.135. The first kappa shape index (κ1) is 41.5. The van der Waals surface area contributed by atoms with Gasteiger partial charge in [-0.2, -0.15) is 0 Å². The van der Waals surface area contributed by atoms with Crippen LogP contribution in [0.3, 0.4) is 0 Å². The first-order valence-electron chi connectivity index (χ1n) is 25.7. The number of benzene rings is 11. The zero-order valence-electron chi connectivity index (χ0n) is 41.3. The third-order valence-electron chi connectivity index (χ3n) is 16.9. The van der Waals surface area contributed by atoms with Gasteiger partial charge in [-0.15, -0.1) is 0 Å². The normalized spacial score (nSPS) is 14.2. The lowest BCUT2D eigenvalue weighted by molar-refractivity contribution is 0.657. The Hall–Kier alpha value is -9.12. The lowest BCUT2D eigenvalue weighted by Gasteiger charge is -2.22. The lowest BCUT2D eigenvalue weighted by atomic mass is 9.81. The molecule has 0 saturated carbocycles. The maximum absolute atomic E-state index is 7.38. The van der Waals surface area contributed by atoms with Crippen LogP contribution in [0.5, 0.6) is 0 Å². The third-order valence-corrected chi connectivity index (χ3v) is 16.9. The molecular weight excluding hydrogens is 901 g/mol. The van der Waals surface area contributed by atoms with E-state index < -0.39 is 0 Å². The molecule has 0 N–H and O–H groups in total. The number of hydrogen-bond acceptors (Lipinski definition) is 4. The highest BCUT2D eigenvalue weighted by Crippen LogP contribution is 2.53. The van der Waals surface area contributed by atoms with Crippen LogP contribution in [0.25, 0.3) is 143 Å². The molecule has 2 aliphatic carbocycles. The van der Waals surface area contributed by atoms with Gasteiger partial charge in [-0.1, -0.05) is 204 Å². The quantitative estimate of drug-likeness (QED) is 0.165. The Morgan fingerprint density at radius 1 is 0.311 bits per heavy atom. The van der Waals surface area contributed by atoms with Crippen molar-refractivity contribution < 1.29 is 8.83 Å². The molecule has 2 aliphatic rings. The molecule has 0 bridgehead atoms. The summed E-state index contributed by atoms with van der Waals surface area (Å²) in [5, 5.41) is 8.73. The summed E-state index contributed by atoms with van der Waals surface area (Å²) in [6.07, 6.45) is 1.92. The van der Waals surface area contributed by atoms with Gasteiger partial charge >= 0.3 is 0 Å². The topological polar surface area (TPSA) is 52.1 Å². The van der Waals surface area contributed by atoms with E-state index in [1.807, 2.05) is 6.20 Å². The second-order valence-corrected chi connectivity index (χ2v) is 21.6. The van der Waals surface area contributed by atoms with Gasteiger partial charge in [0.2, 0.25) is 0 Å². The summed E-state index contributed by atoms with van der Waals surface area (Å²) in [5.74, 6) is 0. The van der Waals surface area contributed by atoms with Gasteiger partial charge in [-0.3, -0.25) is 4.98 Å². The molecule has 3 heterocycles. The Balaban J connectivity index is 0.929. The fraction of sp³-hybridized carbons (Fsp3) is 0.0857. The number of hydrogen-bond donors (Lipinski definition) is 0. The number of aromatic nitrogens is 2. The highest BCUT2D eigenvalue weighted by molar-refractivity contribution is 6.25. The van der Waals surface area contributed by atoms with Crippen molar-refractivity contribution in [3.8, 4) is 66.9 Å². The van der Waals surface area contributed by atoms with Crippen LogP contribution in [0.2, 0.25) is 0 Å². The summed E-state index contributed by atoms with van der Waals surface area (Å²) >= 11 is 0. The summed E-state index contributed by atoms with van der Waals surface area (Å²) in [6, 6.07) is 72.7. The number of fused-ring (bicyclic) bond motifs is 18. The van der Waals surface area contributed by atoms with Crippen LogP contribution in [0.15, 0.2) is 215 Å². The van der Waals surface area contributed by atoms with E-state index in [9.17, 15) is 0 Å². The van der Waals surface area contributed by atoms with Crippen molar-refractivity contribution >= 4 is 76.5 Å². The molecule has 11 aromatic carbocycles. The Morgan fingerprint density at radius 2 is 0.757 bits per heavy atom. The summed E-state index contributed by atoms with van der Waals surface area (Å²) in [5.41, 5.74) is 23.4. The van der Waals surface area contributed by atoms with Crippen LogP contribution in [0.1, 0.15) is 49.9 Å². The minimum atomic E-state index is -0.135. The highest BCUT2D eigenvalue weighted by Gasteiger charge is 2.37. The van der Waals surface area contributed by atoms with E-state index in [0.717, 1.165) is 110 Å². The van der Waals surface area contributed by atoms with Crippen LogP contribution in [-0.4, -0.2) is 9.97 Å². The molecular formula is C70H46N2O2. The van der Waals surface area contributed by atoms with Crippen LogP contribution in [0.4, 0.5) is 0 Å². The van der Waals surface area contributed by atoms with Crippen LogP contribution < -0.4 is 0 Å². The smallest absolute Gasteiger partial charge is 0.147 e. The zero-order valence-corrected chi connectivity index (χ0v) is 41.3. The first-order chi connectivity index (χ1) is 36.2.